The van der Waals surface area contributed by atoms with Gasteiger partial charge in [-0.15, -0.1) is 0 Å². The Labute approximate surface area is 142 Å². The van der Waals surface area contributed by atoms with Gasteiger partial charge in [0, 0.05) is 12.1 Å². The van der Waals surface area contributed by atoms with Gasteiger partial charge >= 0.3 is 0 Å². The van der Waals surface area contributed by atoms with E-state index in [4.69, 9.17) is 10.6 Å². The number of nitrogens with two attached hydrogens (primary N) is 1. The van der Waals surface area contributed by atoms with Crippen LogP contribution in [-0.4, -0.2) is 18.3 Å². The Morgan fingerprint density at radius 1 is 1.12 bits per heavy atom. The van der Waals surface area contributed by atoms with Crippen LogP contribution in [0.2, 0.25) is 0 Å². The number of carbonyl (C=O) groups excluding carboxylic acids is 1. The SMILES string of the molecule is Cc1cccc(NC(=O)CO/N=C(\N)CCc2ccccc2)c1C. The van der Waals surface area contributed by atoms with Crippen molar-refractivity contribution in [3.8, 4) is 0 Å². The van der Waals surface area contributed by atoms with Crippen molar-refractivity contribution in [1.29, 1.82) is 0 Å². The maximum Gasteiger partial charge on any atom is 0.265 e. The van der Waals surface area contributed by atoms with Crippen LogP contribution in [0.15, 0.2) is 53.7 Å². The molecule has 0 aliphatic heterocycles. The zero-order valence-electron chi connectivity index (χ0n) is 14.1. The fourth-order valence-electron chi connectivity index (χ4n) is 2.21. The molecule has 2 aromatic carbocycles. The number of anilines is 1. The molecule has 0 atom stereocenters. The summed E-state index contributed by atoms with van der Waals surface area (Å²) in [5, 5.41) is 6.60. The number of oxime groups is 1. The highest BCUT2D eigenvalue weighted by atomic mass is 16.6. The highest BCUT2D eigenvalue weighted by molar-refractivity contribution is 5.92. The molecule has 0 fully saturated rings. The van der Waals surface area contributed by atoms with E-state index in [1.165, 1.54) is 5.56 Å². The second-order valence-electron chi connectivity index (χ2n) is 5.64. The van der Waals surface area contributed by atoms with E-state index >= 15 is 0 Å². The third-order valence-electron chi connectivity index (χ3n) is 3.77. The van der Waals surface area contributed by atoms with Crippen molar-refractivity contribution in [1.82, 2.24) is 0 Å². The molecule has 5 nitrogen and oxygen atoms in total. The molecule has 2 rings (SSSR count). The molecule has 3 N–H and O–H groups in total. The number of nitrogens with one attached hydrogen (secondary N) is 1. The van der Waals surface area contributed by atoms with Crippen LogP contribution in [0.5, 0.6) is 0 Å². The number of hydrogen-bond donors (Lipinski definition) is 2. The van der Waals surface area contributed by atoms with Gasteiger partial charge in [-0.2, -0.15) is 0 Å². The first-order valence-corrected chi connectivity index (χ1v) is 7.90. The number of aryl methyl sites for hydroxylation is 2. The van der Waals surface area contributed by atoms with Gasteiger partial charge in [-0.05, 0) is 43.0 Å². The third kappa shape index (κ3) is 5.43. The molecule has 0 saturated heterocycles. The average molecular weight is 325 g/mol. The Kier molecular flexibility index (Phi) is 6.37. The standard InChI is InChI=1S/C19H23N3O2/c1-14-7-6-10-17(15(14)2)21-19(23)13-24-22-18(20)12-11-16-8-4-3-5-9-16/h3-10H,11-13H2,1-2H3,(H2,20,22)(H,21,23). The van der Waals surface area contributed by atoms with Gasteiger partial charge in [0.05, 0.1) is 0 Å². The lowest BCUT2D eigenvalue weighted by Crippen LogP contribution is -2.19. The van der Waals surface area contributed by atoms with Gasteiger partial charge < -0.3 is 15.9 Å². The lowest BCUT2D eigenvalue weighted by Gasteiger charge is -2.09. The molecule has 0 spiro atoms. The van der Waals surface area contributed by atoms with E-state index in [9.17, 15) is 4.79 Å². The maximum atomic E-state index is 11.9. The van der Waals surface area contributed by atoms with Gasteiger partial charge in [-0.1, -0.05) is 47.6 Å². The van der Waals surface area contributed by atoms with Gasteiger partial charge in [0.15, 0.2) is 6.61 Å². The van der Waals surface area contributed by atoms with E-state index in [2.05, 4.69) is 10.5 Å². The molecule has 5 heteroatoms. The van der Waals surface area contributed by atoms with Crippen LogP contribution in [-0.2, 0) is 16.1 Å². The minimum absolute atomic E-state index is 0.167. The summed E-state index contributed by atoms with van der Waals surface area (Å²) in [6.45, 7) is 3.80. The van der Waals surface area contributed by atoms with E-state index in [1.807, 2.05) is 62.4 Å². The van der Waals surface area contributed by atoms with Gasteiger partial charge in [-0.3, -0.25) is 4.79 Å². The number of amides is 1. The summed E-state index contributed by atoms with van der Waals surface area (Å²) >= 11 is 0. The summed E-state index contributed by atoms with van der Waals surface area (Å²) < 4.78 is 0. The summed E-state index contributed by atoms with van der Waals surface area (Å²) in [5.41, 5.74) is 9.92. The molecule has 0 unspecified atom stereocenters. The van der Waals surface area contributed by atoms with Crippen molar-refractivity contribution < 1.29 is 9.63 Å². The zero-order valence-corrected chi connectivity index (χ0v) is 14.1. The summed E-state index contributed by atoms with van der Waals surface area (Å²) in [7, 11) is 0. The summed E-state index contributed by atoms with van der Waals surface area (Å²) in [6, 6.07) is 15.8. The van der Waals surface area contributed by atoms with Crippen LogP contribution < -0.4 is 11.1 Å². The number of rotatable bonds is 7. The molecule has 0 aliphatic rings. The summed E-state index contributed by atoms with van der Waals surface area (Å²) in [5.74, 6) is 0.113. The first kappa shape index (κ1) is 17.5. The molecule has 0 aliphatic carbocycles. The fourth-order valence-corrected chi connectivity index (χ4v) is 2.21. The molecular weight excluding hydrogens is 302 g/mol. The second kappa shape index (κ2) is 8.72. The average Bonchev–Trinajstić information content (AvgIpc) is 2.58. The Hall–Kier alpha value is -2.82. The molecule has 2 aromatic rings. The third-order valence-corrected chi connectivity index (χ3v) is 3.77. The highest BCUT2D eigenvalue weighted by Gasteiger charge is 2.06. The van der Waals surface area contributed by atoms with Crippen molar-refractivity contribution in [2.45, 2.75) is 26.7 Å². The van der Waals surface area contributed by atoms with Crippen molar-refractivity contribution in [3.63, 3.8) is 0 Å². The van der Waals surface area contributed by atoms with Crippen molar-refractivity contribution >= 4 is 17.4 Å². The molecule has 24 heavy (non-hydrogen) atoms. The van der Waals surface area contributed by atoms with Crippen LogP contribution in [0.3, 0.4) is 0 Å². The summed E-state index contributed by atoms with van der Waals surface area (Å²) in [4.78, 5) is 16.9. The predicted molar refractivity (Wildman–Crippen MR) is 96.9 cm³/mol. The lowest BCUT2D eigenvalue weighted by atomic mass is 10.1. The predicted octanol–water partition coefficient (Wildman–Crippen LogP) is 3.16. The normalized spacial score (nSPS) is 11.2. The Bertz CT molecular complexity index is 712. The molecule has 0 radical (unpaired) electrons. The van der Waals surface area contributed by atoms with Gasteiger partial charge in [0.1, 0.15) is 5.84 Å². The molecule has 126 valence electrons. The zero-order chi connectivity index (χ0) is 17.4. The number of hydrogen-bond acceptors (Lipinski definition) is 3. The number of amidine groups is 1. The molecule has 1 amide bonds. The fraction of sp³-hybridized carbons (Fsp3) is 0.263. The minimum atomic E-state index is -0.261. The van der Waals surface area contributed by atoms with Crippen LogP contribution in [0.4, 0.5) is 5.69 Å². The molecule has 0 aromatic heterocycles. The van der Waals surface area contributed by atoms with Gasteiger partial charge in [0.2, 0.25) is 0 Å². The molecule has 0 saturated carbocycles. The van der Waals surface area contributed by atoms with Gasteiger partial charge in [0.25, 0.3) is 5.91 Å². The van der Waals surface area contributed by atoms with Crippen LogP contribution in [0.25, 0.3) is 0 Å². The van der Waals surface area contributed by atoms with E-state index in [0.717, 1.165) is 23.2 Å². The molecular formula is C19H23N3O2. The highest BCUT2D eigenvalue weighted by Crippen LogP contribution is 2.17. The van der Waals surface area contributed by atoms with Gasteiger partial charge in [-0.25, -0.2) is 0 Å². The van der Waals surface area contributed by atoms with Crippen LogP contribution in [0.1, 0.15) is 23.1 Å². The minimum Gasteiger partial charge on any atom is -0.384 e. The second-order valence-corrected chi connectivity index (χ2v) is 5.64. The number of benzene rings is 2. The van der Waals surface area contributed by atoms with E-state index in [1.54, 1.807) is 0 Å². The Balaban J connectivity index is 1.76. The van der Waals surface area contributed by atoms with Crippen molar-refractivity contribution in [2.24, 2.45) is 10.9 Å². The van der Waals surface area contributed by atoms with E-state index < -0.39 is 0 Å². The Morgan fingerprint density at radius 2 is 1.88 bits per heavy atom. The van der Waals surface area contributed by atoms with Crippen molar-refractivity contribution in [3.05, 3.63) is 65.2 Å². The van der Waals surface area contributed by atoms with Crippen LogP contribution in [0, 0.1) is 13.8 Å². The quantitative estimate of drug-likeness (QED) is 0.466. The van der Waals surface area contributed by atoms with E-state index in [-0.39, 0.29) is 12.5 Å². The lowest BCUT2D eigenvalue weighted by molar-refractivity contribution is -0.120. The summed E-state index contributed by atoms with van der Waals surface area (Å²) in [6.07, 6.45) is 1.37. The maximum absolute atomic E-state index is 11.9. The topological polar surface area (TPSA) is 76.7 Å². The largest absolute Gasteiger partial charge is 0.384 e. The first-order valence-electron chi connectivity index (χ1n) is 7.90. The Morgan fingerprint density at radius 3 is 2.62 bits per heavy atom. The first-order chi connectivity index (χ1) is 11.6. The number of nitrogens with zero attached hydrogens (tertiary/aromatic N) is 1. The molecule has 0 bridgehead atoms. The number of carbonyl (C=O) groups is 1. The monoisotopic (exact) mass is 325 g/mol. The van der Waals surface area contributed by atoms with Crippen LogP contribution >= 0.6 is 0 Å². The van der Waals surface area contributed by atoms with E-state index in [0.29, 0.717) is 12.3 Å². The van der Waals surface area contributed by atoms with Crippen molar-refractivity contribution in [2.75, 3.05) is 11.9 Å². The molecule has 0 heterocycles. The smallest absolute Gasteiger partial charge is 0.265 e.